The highest BCUT2D eigenvalue weighted by atomic mass is 16.5. The van der Waals surface area contributed by atoms with Crippen LogP contribution in [0.1, 0.15) is 48.2 Å². The van der Waals surface area contributed by atoms with Gasteiger partial charge in [0.1, 0.15) is 0 Å². The number of ether oxygens (including phenoxy) is 2. The van der Waals surface area contributed by atoms with Gasteiger partial charge in [-0.3, -0.25) is 9.48 Å². The number of aliphatic hydroxyl groups excluding tert-OH is 1. The minimum Gasteiger partial charge on any atom is -0.490 e. The number of benzene rings is 2. The van der Waals surface area contributed by atoms with E-state index in [0.29, 0.717) is 43.1 Å². The molecular weight excluding hydrogens is 406 g/mol. The number of aryl methyl sites for hydroxylation is 1. The molecule has 3 aromatic rings. The number of hydrogen-bond donors (Lipinski definition) is 2. The second-order valence-corrected chi connectivity index (χ2v) is 7.77. The van der Waals surface area contributed by atoms with Gasteiger partial charge in [-0.25, -0.2) is 0 Å². The Balaban J connectivity index is 1.66. The Hall–Kier alpha value is -3.32. The minimum atomic E-state index is 0.0842. The summed E-state index contributed by atoms with van der Waals surface area (Å²) in [6.07, 6.45) is 1.77. The molecule has 0 atom stereocenters. The molecule has 0 bridgehead atoms. The molecule has 0 aliphatic heterocycles. The molecule has 0 spiro atoms. The Labute approximate surface area is 188 Å². The fraction of sp³-hybridized carbons (Fsp3) is 0.360. The molecule has 1 aliphatic rings. The Bertz CT molecular complexity index is 1140. The van der Waals surface area contributed by atoms with Crippen molar-refractivity contribution in [1.29, 1.82) is 0 Å². The van der Waals surface area contributed by atoms with Crippen LogP contribution in [0.2, 0.25) is 0 Å². The number of carbonyl (C=O) groups is 1. The van der Waals surface area contributed by atoms with Gasteiger partial charge in [-0.1, -0.05) is 19.1 Å². The molecule has 1 aromatic heterocycles. The maximum Gasteiger partial charge on any atom is 0.162 e. The third-order valence-corrected chi connectivity index (χ3v) is 5.57. The summed E-state index contributed by atoms with van der Waals surface area (Å²) in [5.41, 5.74) is 5.90. The predicted octanol–water partition coefficient (Wildman–Crippen LogP) is 4.49. The second kappa shape index (κ2) is 9.44. The summed E-state index contributed by atoms with van der Waals surface area (Å²) < 4.78 is 13.6. The lowest BCUT2D eigenvalue weighted by Gasteiger charge is -2.14. The van der Waals surface area contributed by atoms with Gasteiger partial charge in [0, 0.05) is 55.3 Å². The molecule has 1 aliphatic carbocycles. The number of aromatic nitrogens is 2. The number of fused-ring (bicyclic) bond motifs is 3. The van der Waals surface area contributed by atoms with Crippen LogP contribution in [0, 0.1) is 0 Å². The van der Waals surface area contributed by atoms with Crippen molar-refractivity contribution < 1.29 is 19.4 Å². The Morgan fingerprint density at radius 1 is 1.19 bits per heavy atom. The standard InChI is InChI=1S/C25H29N3O4/c1-4-21(30)16-8-6-9-18(12-16)26-25-20-13-17-14-22(31-5-2)23(32-11-7-10-29)15-19(17)24(20)28(3)27-25/h6,8-9,12,14-15,29H,4-5,7,10-11,13H2,1-3H3,(H,26,27). The van der Waals surface area contributed by atoms with Gasteiger partial charge < -0.3 is 19.9 Å². The van der Waals surface area contributed by atoms with E-state index in [1.54, 1.807) is 0 Å². The molecule has 1 heterocycles. The number of aliphatic hydroxyl groups is 1. The van der Waals surface area contributed by atoms with E-state index in [1.807, 2.05) is 62.0 Å². The number of rotatable bonds is 10. The maximum atomic E-state index is 12.1. The lowest BCUT2D eigenvalue weighted by molar-refractivity contribution is 0.0988. The van der Waals surface area contributed by atoms with Crippen LogP contribution in [0.25, 0.3) is 11.3 Å². The zero-order valence-electron chi connectivity index (χ0n) is 18.8. The first-order chi connectivity index (χ1) is 15.5. The minimum absolute atomic E-state index is 0.0842. The lowest BCUT2D eigenvalue weighted by atomic mass is 10.1. The zero-order valence-corrected chi connectivity index (χ0v) is 18.8. The van der Waals surface area contributed by atoms with Crippen LogP contribution in [0.3, 0.4) is 0 Å². The molecule has 7 nitrogen and oxygen atoms in total. The molecule has 32 heavy (non-hydrogen) atoms. The molecular formula is C25H29N3O4. The predicted molar refractivity (Wildman–Crippen MR) is 124 cm³/mol. The summed E-state index contributed by atoms with van der Waals surface area (Å²) in [6, 6.07) is 11.6. The molecule has 0 saturated carbocycles. The number of nitrogens with zero attached hydrogens (tertiary/aromatic N) is 2. The quantitative estimate of drug-likeness (QED) is 0.282. The highest BCUT2D eigenvalue weighted by Gasteiger charge is 2.29. The van der Waals surface area contributed by atoms with E-state index in [4.69, 9.17) is 19.7 Å². The molecule has 0 saturated heterocycles. The van der Waals surface area contributed by atoms with Gasteiger partial charge in [0.05, 0.1) is 18.9 Å². The van der Waals surface area contributed by atoms with Crippen molar-refractivity contribution in [3.63, 3.8) is 0 Å². The maximum absolute atomic E-state index is 12.1. The molecule has 2 aromatic carbocycles. The van der Waals surface area contributed by atoms with E-state index < -0.39 is 0 Å². The van der Waals surface area contributed by atoms with Crippen LogP contribution >= 0.6 is 0 Å². The van der Waals surface area contributed by atoms with Gasteiger partial charge in [0.15, 0.2) is 23.1 Å². The van der Waals surface area contributed by atoms with E-state index in [-0.39, 0.29) is 12.4 Å². The third-order valence-electron chi connectivity index (χ3n) is 5.57. The first-order valence-corrected chi connectivity index (χ1v) is 11.1. The van der Waals surface area contributed by atoms with Crippen molar-refractivity contribution in [2.75, 3.05) is 25.1 Å². The highest BCUT2D eigenvalue weighted by molar-refractivity contribution is 5.96. The number of carbonyl (C=O) groups excluding carboxylic acids is 1. The summed E-state index contributed by atoms with van der Waals surface area (Å²) in [6.45, 7) is 4.86. The van der Waals surface area contributed by atoms with Gasteiger partial charge in [-0.2, -0.15) is 5.10 Å². The average molecular weight is 436 g/mol. The molecule has 7 heteroatoms. The van der Waals surface area contributed by atoms with Crippen LogP contribution < -0.4 is 14.8 Å². The monoisotopic (exact) mass is 435 g/mol. The van der Waals surface area contributed by atoms with Gasteiger partial charge in [-0.05, 0) is 36.8 Å². The number of ketones is 1. The molecule has 0 amide bonds. The van der Waals surface area contributed by atoms with Crippen LogP contribution in [0.15, 0.2) is 36.4 Å². The molecule has 168 valence electrons. The van der Waals surface area contributed by atoms with Crippen molar-refractivity contribution in [2.45, 2.75) is 33.1 Å². The molecule has 0 fully saturated rings. The van der Waals surface area contributed by atoms with Crippen molar-refractivity contribution in [2.24, 2.45) is 7.05 Å². The molecule has 4 rings (SSSR count). The summed E-state index contributed by atoms with van der Waals surface area (Å²) in [5, 5.41) is 17.2. The number of hydrogen-bond acceptors (Lipinski definition) is 6. The normalized spacial score (nSPS) is 11.8. The smallest absolute Gasteiger partial charge is 0.162 e. The molecule has 0 radical (unpaired) electrons. The van der Waals surface area contributed by atoms with E-state index >= 15 is 0 Å². The Morgan fingerprint density at radius 2 is 2.00 bits per heavy atom. The third kappa shape index (κ3) is 4.21. The van der Waals surface area contributed by atoms with Gasteiger partial charge in [-0.15, -0.1) is 0 Å². The lowest BCUT2D eigenvalue weighted by Crippen LogP contribution is -2.04. The molecule has 2 N–H and O–H groups in total. The first kappa shape index (κ1) is 21.9. The fourth-order valence-electron chi connectivity index (χ4n) is 4.07. The number of anilines is 2. The summed E-state index contributed by atoms with van der Waals surface area (Å²) in [5.74, 6) is 2.28. The topological polar surface area (TPSA) is 85.6 Å². The largest absolute Gasteiger partial charge is 0.490 e. The number of nitrogens with one attached hydrogen (secondary N) is 1. The van der Waals surface area contributed by atoms with Crippen LogP contribution in [0.5, 0.6) is 11.5 Å². The Kier molecular flexibility index (Phi) is 6.46. The van der Waals surface area contributed by atoms with Crippen molar-refractivity contribution in [3.8, 4) is 22.8 Å². The summed E-state index contributed by atoms with van der Waals surface area (Å²) in [7, 11) is 1.93. The van der Waals surface area contributed by atoms with E-state index in [2.05, 4.69) is 5.32 Å². The van der Waals surface area contributed by atoms with E-state index in [0.717, 1.165) is 40.3 Å². The molecule has 0 unspecified atom stereocenters. The second-order valence-electron chi connectivity index (χ2n) is 7.77. The Morgan fingerprint density at radius 3 is 2.75 bits per heavy atom. The van der Waals surface area contributed by atoms with E-state index in [1.165, 1.54) is 0 Å². The van der Waals surface area contributed by atoms with Crippen molar-refractivity contribution >= 4 is 17.3 Å². The van der Waals surface area contributed by atoms with Crippen molar-refractivity contribution in [3.05, 3.63) is 53.1 Å². The van der Waals surface area contributed by atoms with Crippen LogP contribution in [-0.4, -0.2) is 40.5 Å². The fourth-order valence-corrected chi connectivity index (χ4v) is 4.07. The SMILES string of the molecule is CCOc1cc2c(cc1OCCCO)-c1c(c(Nc3cccc(C(=O)CC)c3)nn1C)C2. The average Bonchev–Trinajstić information content (AvgIpc) is 3.31. The number of Topliss-reactive ketones (excluding diaryl/α,β-unsaturated/α-hetero) is 1. The van der Waals surface area contributed by atoms with Crippen LogP contribution in [0.4, 0.5) is 11.5 Å². The summed E-state index contributed by atoms with van der Waals surface area (Å²) in [4.78, 5) is 12.1. The van der Waals surface area contributed by atoms with Crippen LogP contribution in [-0.2, 0) is 13.5 Å². The highest BCUT2D eigenvalue weighted by Crippen LogP contribution is 2.45. The van der Waals surface area contributed by atoms with Gasteiger partial charge in [0.2, 0.25) is 0 Å². The van der Waals surface area contributed by atoms with Gasteiger partial charge in [0.25, 0.3) is 0 Å². The first-order valence-electron chi connectivity index (χ1n) is 11.1. The van der Waals surface area contributed by atoms with E-state index in [9.17, 15) is 4.79 Å². The summed E-state index contributed by atoms with van der Waals surface area (Å²) >= 11 is 0. The van der Waals surface area contributed by atoms with Gasteiger partial charge >= 0.3 is 0 Å². The zero-order chi connectivity index (χ0) is 22.7. The van der Waals surface area contributed by atoms with Crippen molar-refractivity contribution in [1.82, 2.24) is 9.78 Å².